The molecule has 0 saturated heterocycles. The summed E-state index contributed by atoms with van der Waals surface area (Å²) >= 11 is 6.00. The number of benzene rings is 1. The molecular weight excluding hydrogens is 244 g/mol. The van der Waals surface area contributed by atoms with Gasteiger partial charge >= 0.3 is 0 Å². The summed E-state index contributed by atoms with van der Waals surface area (Å²) in [4.78, 5) is 21.1. The Hall–Kier alpha value is -1.75. The molecule has 1 aromatic carbocycles. The second kappa shape index (κ2) is 6.10. The molecule has 92 valence electrons. The average molecular weight is 257 g/mol. The van der Waals surface area contributed by atoms with E-state index >= 15 is 0 Å². The normalized spacial score (nSPS) is 9.59. The third kappa shape index (κ3) is 3.96. The molecule has 5 nitrogen and oxygen atoms in total. The van der Waals surface area contributed by atoms with E-state index in [1.807, 2.05) is 19.3 Å². The second-order valence-corrected chi connectivity index (χ2v) is 3.85. The lowest BCUT2D eigenvalue weighted by Gasteiger charge is -2.09. The van der Waals surface area contributed by atoms with Gasteiger partial charge in [0.1, 0.15) is 5.75 Å². The minimum atomic E-state index is -0.442. The number of hydrazine groups is 1. The Labute approximate surface area is 104 Å². The van der Waals surface area contributed by atoms with Crippen LogP contribution in [0.15, 0.2) is 12.1 Å². The molecule has 1 rings (SSSR count). The lowest BCUT2D eigenvalue weighted by molar-refractivity contribution is -0.126. The van der Waals surface area contributed by atoms with Gasteiger partial charge in [-0.05, 0) is 37.1 Å². The number of amides is 2. The molecule has 2 N–H and O–H groups in total. The van der Waals surface area contributed by atoms with E-state index in [1.165, 1.54) is 0 Å². The first-order valence-corrected chi connectivity index (χ1v) is 5.30. The number of ether oxygens (including phenoxy) is 1. The van der Waals surface area contributed by atoms with Crippen molar-refractivity contribution < 1.29 is 14.3 Å². The standard InChI is InChI=1S/C11H13ClN2O3/c1-7-3-9(4-8(2)11(7)12)17-5-10(16)14-13-6-15/h3-4,6H,5H2,1-2H3,(H,13,15)(H,14,16). The highest BCUT2D eigenvalue weighted by Gasteiger charge is 2.05. The molecule has 0 heterocycles. The SMILES string of the molecule is Cc1cc(OCC(=O)NNC=O)cc(C)c1Cl. The molecule has 0 aliphatic rings. The Bertz CT molecular complexity index is 412. The van der Waals surface area contributed by atoms with Crippen molar-refractivity contribution in [2.75, 3.05) is 6.61 Å². The number of hydrogen-bond donors (Lipinski definition) is 2. The minimum absolute atomic E-state index is 0.179. The molecule has 0 fully saturated rings. The number of nitrogens with one attached hydrogen (secondary N) is 2. The van der Waals surface area contributed by atoms with Crippen LogP contribution >= 0.6 is 11.6 Å². The molecule has 0 atom stereocenters. The van der Waals surface area contributed by atoms with Crippen molar-refractivity contribution in [3.63, 3.8) is 0 Å². The summed E-state index contributed by atoms with van der Waals surface area (Å²) in [5.74, 6) is 0.119. The first kappa shape index (κ1) is 13.3. The number of carbonyl (C=O) groups is 2. The van der Waals surface area contributed by atoms with Crippen LogP contribution in [0, 0.1) is 13.8 Å². The van der Waals surface area contributed by atoms with Crippen molar-refractivity contribution in [2.24, 2.45) is 0 Å². The van der Waals surface area contributed by atoms with E-state index in [2.05, 4.69) is 5.43 Å². The molecule has 0 radical (unpaired) electrons. The van der Waals surface area contributed by atoms with Crippen molar-refractivity contribution in [1.29, 1.82) is 0 Å². The van der Waals surface area contributed by atoms with E-state index in [-0.39, 0.29) is 6.61 Å². The maximum Gasteiger partial charge on any atom is 0.276 e. The Morgan fingerprint density at radius 3 is 2.53 bits per heavy atom. The van der Waals surface area contributed by atoms with E-state index in [1.54, 1.807) is 12.1 Å². The van der Waals surface area contributed by atoms with Crippen LogP contribution in [0.25, 0.3) is 0 Å². The molecule has 0 aliphatic heterocycles. The van der Waals surface area contributed by atoms with E-state index in [9.17, 15) is 9.59 Å². The maximum absolute atomic E-state index is 11.1. The first-order chi connectivity index (χ1) is 8.04. The van der Waals surface area contributed by atoms with Gasteiger partial charge in [-0.3, -0.25) is 20.4 Å². The van der Waals surface area contributed by atoms with Gasteiger partial charge in [0.05, 0.1) is 0 Å². The largest absolute Gasteiger partial charge is 0.484 e. The van der Waals surface area contributed by atoms with Crippen LogP contribution in [0.1, 0.15) is 11.1 Å². The lowest BCUT2D eigenvalue weighted by atomic mass is 10.1. The highest BCUT2D eigenvalue weighted by atomic mass is 35.5. The van der Waals surface area contributed by atoms with Crippen LogP contribution in [-0.2, 0) is 9.59 Å². The molecule has 2 amide bonds. The van der Waals surface area contributed by atoms with Crippen molar-refractivity contribution in [1.82, 2.24) is 10.9 Å². The quantitative estimate of drug-likeness (QED) is 0.613. The Morgan fingerprint density at radius 2 is 2.00 bits per heavy atom. The summed E-state index contributed by atoms with van der Waals surface area (Å²) < 4.78 is 5.25. The predicted octanol–water partition coefficient (Wildman–Crippen LogP) is 1.11. The van der Waals surface area contributed by atoms with Crippen molar-refractivity contribution in [3.05, 3.63) is 28.3 Å². The summed E-state index contributed by atoms with van der Waals surface area (Å²) in [5, 5.41) is 0.685. The number of halogens is 1. The van der Waals surface area contributed by atoms with Gasteiger partial charge in [0, 0.05) is 5.02 Å². The average Bonchev–Trinajstić information content (AvgIpc) is 2.30. The molecular formula is C11H13ClN2O3. The Kier molecular flexibility index (Phi) is 4.78. The van der Waals surface area contributed by atoms with Crippen LogP contribution in [0.5, 0.6) is 5.75 Å². The van der Waals surface area contributed by atoms with Crippen molar-refractivity contribution in [2.45, 2.75) is 13.8 Å². The molecule has 0 aromatic heterocycles. The van der Waals surface area contributed by atoms with E-state index in [0.29, 0.717) is 17.2 Å². The van der Waals surface area contributed by atoms with Crippen LogP contribution in [-0.4, -0.2) is 18.9 Å². The highest BCUT2D eigenvalue weighted by molar-refractivity contribution is 6.32. The smallest absolute Gasteiger partial charge is 0.276 e. The van der Waals surface area contributed by atoms with Gasteiger partial charge in [-0.1, -0.05) is 11.6 Å². The summed E-state index contributed by atoms with van der Waals surface area (Å²) in [5.41, 5.74) is 5.94. The highest BCUT2D eigenvalue weighted by Crippen LogP contribution is 2.25. The third-order valence-corrected chi connectivity index (χ3v) is 2.65. The monoisotopic (exact) mass is 256 g/mol. The summed E-state index contributed by atoms with van der Waals surface area (Å²) in [7, 11) is 0. The fraction of sp³-hybridized carbons (Fsp3) is 0.273. The molecule has 0 spiro atoms. The van der Waals surface area contributed by atoms with Gasteiger partial charge in [0.15, 0.2) is 6.61 Å². The van der Waals surface area contributed by atoms with E-state index < -0.39 is 5.91 Å². The summed E-state index contributed by atoms with van der Waals surface area (Å²) in [6.07, 6.45) is 0.370. The molecule has 0 saturated carbocycles. The van der Waals surface area contributed by atoms with Crippen LogP contribution < -0.4 is 15.6 Å². The number of aryl methyl sites for hydroxylation is 2. The second-order valence-electron chi connectivity index (χ2n) is 3.47. The third-order valence-electron chi connectivity index (χ3n) is 2.05. The van der Waals surface area contributed by atoms with Crippen molar-refractivity contribution in [3.8, 4) is 5.75 Å². The van der Waals surface area contributed by atoms with E-state index in [4.69, 9.17) is 16.3 Å². The molecule has 6 heteroatoms. The zero-order chi connectivity index (χ0) is 12.8. The minimum Gasteiger partial charge on any atom is -0.484 e. The number of carbonyl (C=O) groups excluding carboxylic acids is 2. The number of hydrogen-bond acceptors (Lipinski definition) is 3. The Morgan fingerprint density at radius 1 is 1.41 bits per heavy atom. The summed E-state index contributed by atoms with van der Waals surface area (Å²) in [6.45, 7) is 3.54. The zero-order valence-corrected chi connectivity index (χ0v) is 10.3. The zero-order valence-electron chi connectivity index (χ0n) is 9.54. The van der Waals surface area contributed by atoms with Crippen molar-refractivity contribution >= 4 is 23.9 Å². The van der Waals surface area contributed by atoms with E-state index in [0.717, 1.165) is 11.1 Å². The molecule has 0 unspecified atom stereocenters. The predicted molar refractivity (Wildman–Crippen MR) is 63.8 cm³/mol. The van der Waals surface area contributed by atoms with Gasteiger partial charge in [-0.15, -0.1) is 0 Å². The Balaban J connectivity index is 2.58. The molecule has 0 aliphatic carbocycles. The van der Waals surface area contributed by atoms with Gasteiger partial charge in [-0.25, -0.2) is 0 Å². The topological polar surface area (TPSA) is 67.4 Å². The first-order valence-electron chi connectivity index (χ1n) is 4.92. The molecule has 1 aromatic rings. The van der Waals surface area contributed by atoms with Crippen LogP contribution in [0.4, 0.5) is 0 Å². The van der Waals surface area contributed by atoms with Gasteiger partial charge in [-0.2, -0.15) is 0 Å². The molecule has 17 heavy (non-hydrogen) atoms. The van der Waals surface area contributed by atoms with Gasteiger partial charge in [0.25, 0.3) is 5.91 Å². The fourth-order valence-corrected chi connectivity index (χ4v) is 1.39. The maximum atomic E-state index is 11.1. The number of rotatable bonds is 5. The lowest BCUT2D eigenvalue weighted by Crippen LogP contribution is -2.39. The van der Waals surface area contributed by atoms with Gasteiger partial charge < -0.3 is 4.74 Å². The fourth-order valence-electron chi connectivity index (χ4n) is 1.28. The van der Waals surface area contributed by atoms with Crippen LogP contribution in [0.3, 0.4) is 0 Å². The van der Waals surface area contributed by atoms with Crippen LogP contribution in [0.2, 0.25) is 5.02 Å². The van der Waals surface area contributed by atoms with Gasteiger partial charge in [0.2, 0.25) is 6.41 Å². The summed E-state index contributed by atoms with van der Waals surface area (Å²) in [6, 6.07) is 3.49. The molecule has 0 bridgehead atoms.